The van der Waals surface area contributed by atoms with E-state index >= 15 is 0 Å². The monoisotopic (exact) mass is 240 g/mol. The fourth-order valence-electron chi connectivity index (χ4n) is 1.15. The Morgan fingerprint density at radius 2 is 2.38 bits per heavy atom. The zero-order valence-electron chi connectivity index (χ0n) is 7.68. The molecule has 0 atom stereocenters. The summed E-state index contributed by atoms with van der Waals surface area (Å²) in [4.78, 5) is 4.19. The summed E-state index contributed by atoms with van der Waals surface area (Å²) in [6, 6.07) is 3.86. The maximum atomic E-state index is 7.64. The van der Waals surface area contributed by atoms with Crippen molar-refractivity contribution in [2.75, 3.05) is 0 Å². The molecule has 0 amide bonds. The summed E-state index contributed by atoms with van der Waals surface area (Å²) in [7, 11) is 0. The molecule has 1 heterocycles. The lowest BCUT2D eigenvalue weighted by Crippen LogP contribution is -2.02. The summed E-state index contributed by atoms with van der Waals surface area (Å²) in [5.74, 6) is 0. The summed E-state index contributed by atoms with van der Waals surface area (Å²) >= 11 is 3.38. The number of pyridine rings is 1. The molecule has 0 saturated carbocycles. The van der Waals surface area contributed by atoms with Crippen LogP contribution < -0.4 is 0 Å². The van der Waals surface area contributed by atoms with Gasteiger partial charge in [-0.15, -0.1) is 0 Å². The lowest BCUT2D eigenvalue weighted by molar-refractivity contribution is 0.955. The van der Waals surface area contributed by atoms with E-state index in [1.54, 1.807) is 6.20 Å². The molecule has 0 saturated heterocycles. The third kappa shape index (κ3) is 3.68. The molecule has 70 valence electrons. The summed E-state index contributed by atoms with van der Waals surface area (Å²) in [5, 5.41) is 7.64. The van der Waals surface area contributed by atoms with Gasteiger partial charge in [-0.1, -0.05) is 29.3 Å². The molecule has 13 heavy (non-hydrogen) atoms. The number of nitrogens with one attached hydrogen (secondary N) is 1. The third-order valence-corrected chi connectivity index (χ3v) is 2.22. The van der Waals surface area contributed by atoms with Crippen LogP contribution in [0.25, 0.3) is 0 Å². The van der Waals surface area contributed by atoms with E-state index in [0.717, 1.165) is 28.7 Å². The summed E-state index contributed by atoms with van der Waals surface area (Å²) < 4.78 is 1.03. The highest BCUT2D eigenvalue weighted by atomic mass is 79.9. The average molecular weight is 241 g/mol. The number of hydrogen-bond acceptors (Lipinski definition) is 2. The quantitative estimate of drug-likeness (QED) is 0.807. The molecule has 1 rings (SSSR count). The minimum absolute atomic E-state index is 0.674. The predicted octanol–water partition coefficient (Wildman–Crippen LogP) is 3.21. The van der Waals surface area contributed by atoms with Crippen molar-refractivity contribution in [2.24, 2.45) is 0 Å². The minimum Gasteiger partial charge on any atom is -0.309 e. The Morgan fingerprint density at radius 1 is 1.62 bits per heavy atom. The molecule has 0 fully saturated rings. The van der Waals surface area contributed by atoms with Crippen molar-refractivity contribution < 1.29 is 0 Å². The van der Waals surface area contributed by atoms with Gasteiger partial charge < -0.3 is 5.41 Å². The molecule has 0 aliphatic rings. The van der Waals surface area contributed by atoms with Gasteiger partial charge in [0.15, 0.2) is 0 Å². The topological polar surface area (TPSA) is 36.7 Å². The van der Waals surface area contributed by atoms with Crippen LogP contribution in [-0.4, -0.2) is 10.7 Å². The van der Waals surface area contributed by atoms with E-state index in [1.807, 2.05) is 12.1 Å². The second-order valence-electron chi connectivity index (χ2n) is 3.00. The Labute approximate surface area is 87.0 Å². The van der Waals surface area contributed by atoms with Crippen LogP contribution in [0.3, 0.4) is 0 Å². The molecule has 1 aromatic heterocycles. The van der Waals surface area contributed by atoms with Gasteiger partial charge in [-0.3, -0.25) is 4.98 Å². The molecular formula is C10H13BrN2. The lowest BCUT2D eigenvalue weighted by atomic mass is 10.1. The summed E-state index contributed by atoms with van der Waals surface area (Å²) in [5.41, 5.74) is 1.72. The van der Waals surface area contributed by atoms with Gasteiger partial charge in [-0.05, 0) is 18.6 Å². The molecule has 2 nitrogen and oxygen atoms in total. The van der Waals surface area contributed by atoms with E-state index in [9.17, 15) is 0 Å². The maximum Gasteiger partial charge on any atom is 0.0470 e. The average Bonchev–Trinajstić information content (AvgIpc) is 2.04. The van der Waals surface area contributed by atoms with Gasteiger partial charge in [-0.25, -0.2) is 0 Å². The van der Waals surface area contributed by atoms with Crippen LogP contribution in [0.5, 0.6) is 0 Å². The van der Waals surface area contributed by atoms with Crippen molar-refractivity contribution in [2.45, 2.75) is 26.2 Å². The van der Waals surface area contributed by atoms with Crippen LogP contribution in [0.15, 0.2) is 22.8 Å². The van der Waals surface area contributed by atoms with Crippen LogP contribution in [0.1, 0.15) is 25.5 Å². The molecule has 1 aromatic rings. The molecule has 0 unspecified atom stereocenters. The number of hydrogen-bond donors (Lipinski definition) is 1. The first-order valence-electron chi connectivity index (χ1n) is 4.39. The Bertz CT molecular complexity index is 297. The Morgan fingerprint density at radius 3 is 3.00 bits per heavy atom. The van der Waals surface area contributed by atoms with Crippen molar-refractivity contribution in [3.8, 4) is 0 Å². The first-order valence-corrected chi connectivity index (χ1v) is 5.18. The van der Waals surface area contributed by atoms with Crippen LogP contribution in [-0.2, 0) is 6.42 Å². The van der Waals surface area contributed by atoms with Crippen molar-refractivity contribution in [1.29, 1.82) is 5.41 Å². The number of rotatable bonds is 4. The van der Waals surface area contributed by atoms with E-state index < -0.39 is 0 Å². The molecule has 3 heteroatoms. The number of aromatic nitrogens is 1. The Balaban J connectivity index is 2.58. The van der Waals surface area contributed by atoms with E-state index in [1.165, 1.54) is 0 Å². The van der Waals surface area contributed by atoms with Gasteiger partial charge in [0, 0.05) is 28.5 Å². The van der Waals surface area contributed by atoms with Crippen LogP contribution >= 0.6 is 15.9 Å². The van der Waals surface area contributed by atoms with Crippen LogP contribution in [0.2, 0.25) is 0 Å². The first-order chi connectivity index (χ1) is 6.22. The zero-order chi connectivity index (χ0) is 9.68. The fourth-order valence-corrected chi connectivity index (χ4v) is 1.54. The fraction of sp³-hybridized carbons (Fsp3) is 0.400. The highest BCUT2D eigenvalue weighted by Gasteiger charge is 1.99. The van der Waals surface area contributed by atoms with E-state index in [-0.39, 0.29) is 0 Å². The summed E-state index contributed by atoms with van der Waals surface area (Å²) in [6.07, 6.45) is 4.34. The van der Waals surface area contributed by atoms with Crippen molar-refractivity contribution in [1.82, 2.24) is 4.98 Å². The lowest BCUT2D eigenvalue weighted by Gasteiger charge is -2.01. The highest BCUT2D eigenvalue weighted by molar-refractivity contribution is 9.10. The van der Waals surface area contributed by atoms with E-state index in [4.69, 9.17) is 5.41 Å². The molecule has 1 N–H and O–H groups in total. The number of nitrogens with zero attached hydrogens (tertiary/aromatic N) is 1. The van der Waals surface area contributed by atoms with Crippen LogP contribution in [0.4, 0.5) is 0 Å². The zero-order valence-corrected chi connectivity index (χ0v) is 9.26. The Hall–Kier alpha value is -0.700. The highest BCUT2D eigenvalue weighted by Crippen LogP contribution is 2.10. The van der Waals surface area contributed by atoms with Gasteiger partial charge in [-0.2, -0.15) is 0 Å². The largest absolute Gasteiger partial charge is 0.309 e. The van der Waals surface area contributed by atoms with Gasteiger partial charge in [0.25, 0.3) is 0 Å². The second kappa shape index (κ2) is 5.12. The molecule has 0 radical (unpaired) electrons. The molecule has 0 aliphatic heterocycles. The standard InChI is InChI=1S/C10H13BrN2/c1-2-3-9(12)7-10-6-8(11)4-5-13-10/h4-6,12H,2-3,7H2,1H3. The molecule has 0 aromatic carbocycles. The predicted molar refractivity (Wildman–Crippen MR) is 58.3 cm³/mol. The van der Waals surface area contributed by atoms with Gasteiger partial charge in [0.1, 0.15) is 0 Å². The minimum atomic E-state index is 0.674. The molecule has 0 spiro atoms. The Kier molecular flexibility index (Phi) is 4.09. The summed E-state index contributed by atoms with van der Waals surface area (Å²) in [6.45, 7) is 2.09. The SMILES string of the molecule is CCCC(=N)Cc1cc(Br)ccn1. The second-order valence-corrected chi connectivity index (χ2v) is 3.91. The smallest absolute Gasteiger partial charge is 0.0470 e. The maximum absolute atomic E-state index is 7.64. The first kappa shape index (κ1) is 10.4. The number of halogens is 1. The van der Waals surface area contributed by atoms with E-state index in [0.29, 0.717) is 6.42 Å². The van der Waals surface area contributed by atoms with Crippen molar-refractivity contribution >= 4 is 21.6 Å². The van der Waals surface area contributed by atoms with E-state index in [2.05, 4.69) is 27.8 Å². The van der Waals surface area contributed by atoms with Crippen molar-refractivity contribution in [3.63, 3.8) is 0 Å². The molecular weight excluding hydrogens is 228 g/mol. The molecule has 0 aliphatic carbocycles. The van der Waals surface area contributed by atoms with Gasteiger partial charge >= 0.3 is 0 Å². The molecule has 0 bridgehead atoms. The van der Waals surface area contributed by atoms with Gasteiger partial charge in [0.2, 0.25) is 0 Å². The van der Waals surface area contributed by atoms with Crippen molar-refractivity contribution in [3.05, 3.63) is 28.5 Å². The van der Waals surface area contributed by atoms with Crippen LogP contribution in [0, 0.1) is 5.41 Å². The normalized spacial score (nSPS) is 10.0. The third-order valence-electron chi connectivity index (χ3n) is 1.72. The van der Waals surface area contributed by atoms with Gasteiger partial charge in [0.05, 0.1) is 0 Å².